The third-order valence-corrected chi connectivity index (χ3v) is 8.19. The number of benzene rings is 1. The first-order chi connectivity index (χ1) is 19.5. The van der Waals surface area contributed by atoms with Crippen molar-refractivity contribution in [1.82, 2.24) is 10.2 Å². The van der Waals surface area contributed by atoms with Gasteiger partial charge in [0.05, 0.1) is 12.0 Å². The summed E-state index contributed by atoms with van der Waals surface area (Å²) in [6.07, 6.45) is 0.0251. The molecule has 2 N–H and O–H groups in total. The van der Waals surface area contributed by atoms with Crippen LogP contribution in [0.5, 0.6) is 11.5 Å². The molecule has 15 heteroatoms. The van der Waals surface area contributed by atoms with E-state index in [1.165, 1.54) is 30.6 Å². The smallest absolute Gasteiger partial charge is 0.352 e. The van der Waals surface area contributed by atoms with E-state index in [-0.39, 0.29) is 40.5 Å². The van der Waals surface area contributed by atoms with E-state index in [0.29, 0.717) is 0 Å². The lowest BCUT2D eigenvalue weighted by molar-refractivity contribution is -0.192. The van der Waals surface area contributed by atoms with Crippen LogP contribution < -0.4 is 14.8 Å². The van der Waals surface area contributed by atoms with Crippen molar-refractivity contribution in [2.45, 2.75) is 31.4 Å². The zero-order chi connectivity index (χ0) is 29.9. The number of fused-ring (bicyclic) bond motifs is 1. The molecule has 1 fully saturated rings. The second kappa shape index (κ2) is 12.1. The highest BCUT2D eigenvalue weighted by Gasteiger charge is 2.66. The fourth-order valence-corrected chi connectivity index (χ4v) is 6.35. The Morgan fingerprint density at radius 3 is 2.41 bits per heavy atom. The summed E-state index contributed by atoms with van der Waals surface area (Å²) in [6.45, 7) is 1.81. The zero-order valence-corrected chi connectivity index (χ0v) is 23.6. The second-order valence-corrected chi connectivity index (χ2v) is 10.9. The quantitative estimate of drug-likeness (QED) is 0.174. The summed E-state index contributed by atoms with van der Waals surface area (Å²) in [7, 11) is 1.25. The molecule has 2 aromatic rings. The highest BCUT2D eigenvalue weighted by atomic mass is 32.2. The molecular formula is C26H24N2O11S2. The van der Waals surface area contributed by atoms with Crippen molar-refractivity contribution in [1.29, 1.82) is 0 Å². The first-order valence-electron chi connectivity index (χ1n) is 11.9. The van der Waals surface area contributed by atoms with E-state index in [2.05, 4.69) is 5.32 Å². The fourth-order valence-electron chi connectivity index (χ4n) is 4.22. The van der Waals surface area contributed by atoms with Gasteiger partial charge in [-0.25, -0.2) is 9.59 Å². The number of carbonyl (C=O) groups excluding carboxylic acids is 5. The van der Waals surface area contributed by atoms with Crippen LogP contribution in [0.25, 0.3) is 0 Å². The van der Waals surface area contributed by atoms with Crippen molar-refractivity contribution in [3.05, 3.63) is 57.4 Å². The van der Waals surface area contributed by atoms with Gasteiger partial charge in [-0.05, 0) is 29.6 Å². The van der Waals surface area contributed by atoms with Crippen LogP contribution >= 0.6 is 23.1 Å². The molecule has 0 spiro atoms. The minimum absolute atomic E-state index is 0.0251. The highest BCUT2D eigenvalue weighted by molar-refractivity contribution is 8.00. The van der Waals surface area contributed by atoms with Gasteiger partial charge in [0, 0.05) is 37.2 Å². The number of aliphatic carboxylic acids is 1. The standard InChI is InChI=1S/C26H24N2O11S2/c1-13(29)38-18-7-6-15(9-19(18)39-14(2)30)23(34)37-11-16-12-41-25-26(36-3,24(35)28(25)21(16)22(32)33)27-20(31)10-17-5-4-8-40-17/h4-9,25H,10-12H2,1-3H3,(H,27,31)(H,32,33)/t25-,26-/m1/s1. The van der Waals surface area contributed by atoms with Crippen LogP contribution in [-0.2, 0) is 39.9 Å². The lowest BCUT2D eigenvalue weighted by atomic mass is 9.98. The average Bonchev–Trinajstić information content (AvgIpc) is 3.42. The van der Waals surface area contributed by atoms with Crippen LogP contribution in [0.4, 0.5) is 0 Å². The normalized spacial score (nSPS) is 19.5. The molecule has 41 heavy (non-hydrogen) atoms. The van der Waals surface area contributed by atoms with Gasteiger partial charge in [0.1, 0.15) is 17.7 Å². The Labute approximate surface area is 241 Å². The molecular weight excluding hydrogens is 580 g/mol. The number of nitrogens with zero attached hydrogens (tertiary/aromatic N) is 1. The summed E-state index contributed by atoms with van der Waals surface area (Å²) < 4.78 is 20.7. The molecule has 0 saturated carbocycles. The van der Waals surface area contributed by atoms with Crippen molar-refractivity contribution in [3.8, 4) is 11.5 Å². The maximum Gasteiger partial charge on any atom is 0.352 e. The molecule has 2 atom stereocenters. The molecule has 216 valence electrons. The fraction of sp³-hybridized carbons (Fsp3) is 0.308. The second-order valence-electron chi connectivity index (χ2n) is 8.76. The molecule has 1 saturated heterocycles. The molecule has 2 amide bonds. The molecule has 1 aromatic carbocycles. The lowest BCUT2D eigenvalue weighted by Crippen LogP contribution is -2.80. The van der Waals surface area contributed by atoms with Gasteiger partial charge in [0.15, 0.2) is 11.5 Å². The molecule has 2 aliphatic rings. The zero-order valence-electron chi connectivity index (χ0n) is 22.0. The van der Waals surface area contributed by atoms with Crippen LogP contribution in [0.1, 0.15) is 29.1 Å². The minimum atomic E-state index is -1.75. The van der Waals surface area contributed by atoms with Gasteiger partial charge in [-0.2, -0.15) is 0 Å². The summed E-state index contributed by atoms with van der Waals surface area (Å²) in [5.74, 6) is -5.16. The highest BCUT2D eigenvalue weighted by Crippen LogP contribution is 2.46. The van der Waals surface area contributed by atoms with Gasteiger partial charge in [-0.1, -0.05) is 6.07 Å². The molecule has 4 rings (SSSR count). The van der Waals surface area contributed by atoms with Crippen molar-refractivity contribution in [3.63, 3.8) is 0 Å². The van der Waals surface area contributed by atoms with Crippen LogP contribution in [0.15, 0.2) is 47.0 Å². The van der Waals surface area contributed by atoms with Crippen molar-refractivity contribution in [2.24, 2.45) is 0 Å². The van der Waals surface area contributed by atoms with Crippen molar-refractivity contribution >= 4 is 58.8 Å². The number of carbonyl (C=O) groups is 6. The Hall–Kier alpha value is -4.21. The van der Waals surface area contributed by atoms with Crippen LogP contribution in [-0.4, -0.2) is 76.3 Å². The largest absolute Gasteiger partial charge is 0.477 e. The number of ether oxygens (including phenoxy) is 4. The molecule has 13 nitrogen and oxygen atoms in total. The van der Waals surface area contributed by atoms with Crippen LogP contribution in [0.2, 0.25) is 0 Å². The molecule has 3 heterocycles. The van der Waals surface area contributed by atoms with Crippen molar-refractivity contribution in [2.75, 3.05) is 19.5 Å². The first kappa shape index (κ1) is 29.8. The lowest BCUT2D eigenvalue weighted by Gasteiger charge is -2.55. The number of β-lactam (4-membered cyclic amide) rings is 1. The van der Waals surface area contributed by atoms with Crippen LogP contribution in [0, 0.1) is 0 Å². The Kier molecular flexibility index (Phi) is 8.80. The van der Waals surface area contributed by atoms with Gasteiger partial charge in [0.2, 0.25) is 5.91 Å². The summed E-state index contributed by atoms with van der Waals surface area (Å²) in [6, 6.07) is 7.23. The number of carboxylic acid groups (broad SMARTS) is 1. The molecule has 1 aromatic heterocycles. The van der Waals surface area contributed by atoms with E-state index < -0.39 is 53.4 Å². The summed E-state index contributed by atoms with van der Waals surface area (Å²) >= 11 is 2.52. The first-order valence-corrected chi connectivity index (χ1v) is 13.9. The third kappa shape index (κ3) is 6.11. The number of carboxylic acids is 1. The van der Waals surface area contributed by atoms with Gasteiger partial charge >= 0.3 is 23.9 Å². The maximum absolute atomic E-state index is 13.2. The van der Waals surface area contributed by atoms with Crippen LogP contribution in [0.3, 0.4) is 0 Å². The van der Waals surface area contributed by atoms with E-state index in [1.807, 2.05) is 5.38 Å². The Bertz CT molecular complexity index is 1450. The van der Waals surface area contributed by atoms with Gasteiger partial charge < -0.3 is 29.4 Å². The number of hydrogen-bond acceptors (Lipinski definition) is 12. The van der Waals surface area contributed by atoms with Gasteiger partial charge in [0.25, 0.3) is 11.6 Å². The van der Waals surface area contributed by atoms with E-state index in [0.717, 1.165) is 41.5 Å². The maximum atomic E-state index is 13.2. The average molecular weight is 605 g/mol. The predicted octanol–water partition coefficient (Wildman–Crippen LogP) is 1.71. The Morgan fingerprint density at radius 1 is 1.10 bits per heavy atom. The molecule has 0 bridgehead atoms. The van der Waals surface area contributed by atoms with Gasteiger partial charge in [-0.15, -0.1) is 23.1 Å². The monoisotopic (exact) mass is 604 g/mol. The number of hydrogen-bond donors (Lipinski definition) is 2. The van der Waals surface area contributed by atoms with Gasteiger partial charge in [-0.3, -0.25) is 24.1 Å². The molecule has 0 unspecified atom stereocenters. The van der Waals surface area contributed by atoms with E-state index in [9.17, 15) is 33.9 Å². The summed E-state index contributed by atoms with van der Waals surface area (Å²) in [5.41, 5.74) is -2.05. The van der Waals surface area contributed by atoms with E-state index in [1.54, 1.807) is 12.1 Å². The number of esters is 3. The number of rotatable bonds is 10. The molecule has 0 aliphatic carbocycles. The Balaban J connectivity index is 1.50. The Morgan fingerprint density at radius 2 is 1.80 bits per heavy atom. The number of nitrogens with one attached hydrogen (secondary N) is 1. The minimum Gasteiger partial charge on any atom is -0.477 e. The third-order valence-electron chi connectivity index (χ3n) is 5.94. The number of methoxy groups -OCH3 is 1. The van der Waals surface area contributed by atoms with Crippen molar-refractivity contribution < 1.29 is 52.8 Å². The topological polar surface area (TPSA) is 175 Å². The van der Waals surface area contributed by atoms with E-state index in [4.69, 9.17) is 18.9 Å². The number of amides is 2. The van der Waals surface area contributed by atoms with E-state index >= 15 is 0 Å². The predicted molar refractivity (Wildman–Crippen MR) is 143 cm³/mol. The molecule has 0 radical (unpaired) electrons. The summed E-state index contributed by atoms with van der Waals surface area (Å²) in [5, 5.41) is 13.5. The SMILES string of the molecule is CO[C@]1(NC(=O)Cc2cccs2)C(=O)N2C(C(=O)O)=C(COC(=O)c3ccc(OC(C)=O)c(OC(C)=O)c3)CS[C@@H]21. The molecule has 2 aliphatic heterocycles. The summed E-state index contributed by atoms with van der Waals surface area (Å²) in [4.78, 5) is 75.4. The number of thiophene rings is 1. The number of thioether (sulfide) groups is 1.